The molecule has 1 aromatic rings. The molecule has 21 heavy (non-hydrogen) atoms. The number of hydrogen-bond donors (Lipinski definition) is 0. The lowest BCUT2D eigenvalue weighted by molar-refractivity contribution is 0.192. The van der Waals surface area contributed by atoms with E-state index in [-0.39, 0.29) is 10.8 Å². The predicted molar refractivity (Wildman–Crippen MR) is 93.2 cm³/mol. The van der Waals surface area contributed by atoms with Crippen molar-refractivity contribution < 1.29 is 0 Å². The molecule has 0 heterocycles. The molecule has 1 aliphatic carbocycles. The lowest BCUT2D eigenvalue weighted by Gasteiger charge is -2.32. The standard InChI is InChI=1S/C19H30ClN/c1-19(2,3)16-12-10-15(11-13-16)18(20)14-21(4)17-8-6-5-7-9-17/h10-13,17-18H,5-9,14H2,1-4H3. The molecule has 0 aliphatic heterocycles. The zero-order valence-electron chi connectivity index (χ0n) is 14.0. The average Bonchev–Trinajstić information content (AvgIpc) is 2.47. The van der Waals surface area contributed by atoms with Crippen molar-refractivity contribution >= 4 is 11.6 Å². The number of hydrogen-bond acceptors (Lipinski definition) is 1. The SMILES string of the molecule is CN(CC(Cl)c1ccc(C(C)(C)C)cc1)C1CCCCC1. The molecule has 1 unspecified atom stereocenters. The first-order valence-electron chi connectivity index (χ1n) is 8.32. The van der Waals surface area contributed by atoms with Gasteiger partial charge in [0, 0.05) is 12.6 Å². The number of benzene rings is 1. The molecule has 2 heteroatoms. The van der Waals surface area contributed by atoms with Gasteiger partial charge in [0.05, 0.1) is 5.38 Å². The molecular formula is C19H30ClN. The minimum absolute atomic E-state index is 0.0888. The van der Waals surface area contributed by atoms with E-state index in [2.05, 4.69) is 57.0 Å². The first-order chi connectivity index (χ1) is 9.88. The molecule has 1 saturated carbocycles. The Labute approximate surface area is 135 Å². The number of nitrogens with zero attached hydrogens (tertiary/aromatic N) is 1. The van der Waals surface area contributed by atoms with Gasteiger partial charge >= 0.3 is 0 Å². The van der Waals surface area contributed by atoms with Crippen LogP contribution < -0.4 is 0 Å². The second-order valence-corrected chi connectivity index (χ2v) is 8.10. The van der Waals surface area contributed by atoms with E-state index in [9.17, 15) is 0 Å². The zero-order valence-corrected chi connectivity index (χ0v) is 14.8. The van der Waals surface area contributed by atoms with E-state index in [1.807, 2.05) is 0 Å². The van der Waals surface area contributed by atoms with E-state index in [0.29, 0.717) is 0 Å². The highest BCUT2D eigenvalue weighted by Crippen LogP contribution is 2.28. The van der Waals surface area contributed by atoms with Crippen LogP contribution in [0.15, 0.2) is 24.3 Å². The van der Waals surface area contributed by atoms with Crippen molar-refractivity contribution in [1.82, 2.24) is 4.90 Å². The summed E-state index contributed by atoms with van der Waals surface area (Å²) in [4.78, 5) is 2.47. The van der Waals surface area contributed by atoms with Gasteiger partial charge in [-0.2, -0.15) is 0 Å². The van der Waals surface area contributed by atoms with Crippen molar-refractivity contribution in [2.24, 2.45) is 0 Å². The molecular weight excluding hydrogens is 278 g/mol. The van der Waals surface area contributed by atoms with Gasteiger partial charge in [0.2, 0.25) is 0 Å². The highest BCUT2D eigenvalue weighted by molar-refractivity contribution is 6.21. The Morgan fingerprint density at radius 3 is 2.19 bits per heavy atom. The molecule has 118 valence electrons. The van der Waals surface area contributed by atoms with Gasteiger partial charge in [-0.3, -0.25) is 0 Å². The van der Waals surface area contributed by atoms with Crippen LogP contribution in [-0.4, -0.2) is 24.5 Å². The van der Waals surface area contributed by atoms with E-state index in [0.717, 1.165) is 12.6 Å². The fourth-order valence-corrected chi connectivity index (χ4v) is 3.58. The van der Waals surface area contributed by atoms with Crippen LogP contribution in [0, 0.1) is 0 Å². The highest BCUT2D eigenvalue weighted by Gasteiger charge is 2.21. The molecule has 0 saturated heterocycles. The second-order valence-electron chi connectivity index (χ2n) is 7.57. The van der Waals surface area contributed by atoms with Crippen LogP contribution in [0.3, 0.4) is 0 Å². The number of alkyl halides is 1. The van der Waals surface area contributed by atoms with Crippen molar-refractivity contribution in [3.05, 3.63) is 35.4 Å². The lowest BCUT2D eigenvalue weighted by atomic mass is 9.86. The van der Waals surface area contributed by atoms with Gasteiger partial charge in [0.15, 0.2) is 0 Å². The molecule has 0 amide bonds. The molecule has 0 radical (unpaired) electrons. The molecule has 0 bridgehead atoms. The summed E-state index contributed by atoms with van der Waals surface area (Å²) in [5.41, 5.74) is 2.82. The summed E-state index contributed by atoms with van der Waals surface area (Å²) in [6.45, 7) is 7.69. The van der Waals surface area contributed by atoms with Crippen molar-refractivity contribution in [2.75, 3.05) is 13.6 Å². The summed E-state index contributed by atoms with van der Waals surface area (Å²) in [5, 5.41) is 0.0888. The molecule has 2 rings (SSSR count). The van der Waals surface area contributed by atoms with Crippen LogP contribution in [-0.2, 0) is 5.41 Å². The Kier molecular flexibility index (Phi) is 5.73. The third-order valence-electron chi connectivity index (χ3n) is 4.78. The fourth-order valence-electron chi connectivity index (χ4n) is 3.22. The van der Waals surface area contributed by atoms with Crippen LogP contribution in [0.4, 0.5) is 0 Å². The Hall–Kier alpha value is -0.530. The molecule has 0 spiro atoms. The smallest absolute Gasteiger partial charge is 0.0712 e. The van der Waals surface area contributed by atoms with Crippen molar-refractivity contribution in [3.63, 3.8) is 0 Å². The largest absolute Gasteiger partial charge is 0.302 e. The topological polar surface area (TPSA) is 3.24 Å². The summed E-state index contributed by atoms with van der Waals surface area (Å²) < 4.78 is 0. The van der Waals surface area contributed by atoms with E-state index >= 15 is 0 Å². The van der Waals surface area contributed by atoms with Gasteiger partial charge in [0.25, 0.3) is 0 Å². The quantitative estimate of drug-likeness (QED) is 0.661. The molecule has 1 aromatic carbocycles. The van der Waals surface area contributed by atoms with Crippen LogP contribution in [0.2, 0.25) is 0 Å². The molecule has 0 aromatic heterocycles. The van der Waals surface area contributed by atoms with Crippen molar-refractivity contribution in [2.45, 2.75) is 69.7 Å². The first kappa shape index (κ1) is 16.8. The molecule has 1 aliphatic rings. The summed E-state index contributed by atoms with van der Waals surface area (Å²) >= 11 is 6.65. The van der Waals surface area contributed by atoms with E-state index in [4.69, 9.17) is 11.6 Å². The van der Waals surface area contributed by atoms with E-state index in [1.165, 1.54) is 43.2 Å². The van der Waals surface area contributed by atoms with Gasteiger partial charge in [-0.1, -0.05) is 64.3 Å². The van der Waals surface area contributed by atoms with Gasteiger partial charge in [-0.15, -0.1) is 11.6 Å². The average molecular weight is 308 g/mol. The normalized spacial score (nSPS) is 19.0. The van der Waals surface area contributed by atoms with Crippen LogP contribution in [0.1, 0.15) is 69.4 Å². The lowest BCUT2D eigenvalue weighted by Crippen LogP contribution is -2.35. The Bertz CT molecular complexity index is 426. The Morgan fingerprint density at radius 2 is 1.67 bits per heavy atom. The maximum atomic E-state index is 6.65. The van der Waals surface area contributed by atoms with Crippen molar-refractivity contribution in [3.8, 4) is 0 Å². The number of likely N-dealkylation sites (N-methyl/N-ethyl adjacent to an activating group) is 1. The fraction of sp³-hybridized carbons (Fsp3) is 0.684. The maximum Gasteiger partial charge on any atom is 0.0712 e. The monoisotopic (exact) mass is 307 g/mol. The summed E-state index contributed by atoms with van der Waals surface area (Å²) in [6, 6.07) is 9.59. The minimum Gasteiger partial charge on any atom is -0.302 e. The third kappa shape index (κ3) is 4.72. The highest BCUT2D eigenvalue weighted by atomic mass is 35.5. The summed E-state index contributed by atoms with van der Waals surface area (Å²) in [5.74, 6) is 0. The Morgan fingerprint density at radius 1 is 1.10 bits per heavy atom. The number of halogens is 1. The van der Waals surface area contributed by atoms with Crippen LogP contribution in [0.5, 0.6) is 0 Å². The maximum absolute atomic E-state index is 6.65. The van der Waals surface area contributed by atoms with Crippen LogP contribution >= 0.6 is 11.6 Å². The molecule has 0 N–H and O–H groups in total. The van der Waals surface area contributed by atoms with Gasteiger partial charge in [-0.05, 0) is 36.4 Å². The number of rotatable bonds is 4. The van der Waals surface area contributed by atoms with Crippen molar-refractivity contribution in [1.29, 1.82) is 0 Å². The van der Waals surface area contributed by atoms with Gasteiger partial charge in [0.1, 0.15) is 0 Å². The first-order valence-corrected chi connectivity index (χ1v) is 8.76. The minimum atomic E-state index is 0.0888. The summed E-state index contributed by atoms with van der Waals surface area (Å²) in [7, 11) is 2.23. The van der Waals surface area contributed by atoms with E-state index in [1.54, 1.807) is 0 Å². The molecule has 1 fully saturated rings. The zero-order chi connectivity index (χ0) is 15.5. The molecule has 1 atom stereocenters. The predicted octanol–water partition coefficient (Wildman–Crippen LogP) is 5.53. The van der Waals surface area contributed by atoms with Crippen LogP contribution in [0.25, 0.3) is 0 Å². The second kappa shape index (κ2) is 7.15. The summed E-state index contributed by atoms with van der Waals surface area (Å²) in [6.07, 6.45) is 6.83. The Balaban J connectivity index is 1.94. The van der Waals surface area contributed by atoms with E-state index < -0.39 is 0 Å². The molecule has 1 nitrogen and oxygen atoms in total. The van der Waals surface area contributed by atoms with Gasteiger partial charge < -0.3 is 4.90 Å². The van der Waals surface area contributed by atoms with Gasteiger partial charge in [-0.25, -0.2) is 0 Å². The third-order valence-corrected chi connectivity index (χ3v) is 5.17.